The normalized spacial score (nSPS) is 20.0. The highest BCUT2D eigenvalue weighted by atomic mass is 35.5. The van der Waals surface area contributed by atoms with Crippen LogP contribution in [0.1, 0.15) is 34.9 Å². The van der Waals surface area contributed by atoms with Gasteiger partial charge in [0.05, 0.1) is 30.0 Å². The largest absolute Gasteiger partial charge is 0.350 e. The average Bonchev–Trinajstić information content (AvgIpc) is 3.51. The second kappa shape index (κ2) is 8.62. The van der Waals surface area contributed by atoms with Gasteiger partial charge in [-0.1, -0.05) is 18.2 Å². The molecule has 2 N–H and O–H groups in total. The number of nitrogens with one attached hydrogen (secondary N) is 2. The summed E-state index contributed by atoms with van der Waals surface area (Å²) in [5.74, 6) is 0.171. The summed E-state index contributed by atoms with van der Waals surface area (Å²) in [5, 5.41) is 15.6. The fourth-order valence-electron chi connectivity index (χ4n) is 4.68. The first kappa shape index (κ1) is 20.6. The highest BCUT2D eigenvalue weighted by Crippen LogP contribution is 2.29. The number of halogens is 1. The Hall–Kier alpha value is -2.64. The summed E-state index contributed by atoms with van der Waals surface area (Å²) in [6.45, 7) is 1.99. The first-order valence-electron chi connectivity index (χ1n) is 10.3. The summed E-state index contributed by atoms with van der Waals surface area (Å²) < 4.78 is 3.85. The highest BCUT2D eigenvalue weighted by molar-refractivity contribution is 5.85. The van der Waals surface area contributed by atoms with Crippen LogP contribution in [0.15, 0.2) is 42.7 Å². The summed E-state index contributed by atoms with van der Waals surface area (Å²) in [6, 6.07) is 10.2. The molecule has 3 heterocycles. The van der Waals surface area contributed by atoms with E-state index in [9.17, 15) is 4.79 Å². The van der Waals surface area contributed by atoms with Gasteiger partial charge in [-0.2, -0.15) is 10.2 Å². The summed E-state index contributed by atoms with van der Waals surface area (Å²) in [6.07, 6.45) is 7.10. The van der Waals surface area contributed by atoms with E-state index >= 15 is 0 Å². The Morgan fingerprint density at radius 1 is 1.23 bits per heavy atom. The van der Waals surface area contributed by atoms with E-state index < -0.39 is 0 Å². The molecule has 1 amide bonds. The van der Waals surface area contributed by atoms with Crippen LogP contribution in [-0.2, 0) is 31.2 Å². The third-order valence-corrected chi connectivity index (χ3v) is 6.15. The minimum Gasteiger partial charge on any atom is -0.350 e. The SMILES string of the molecule is Cl.Cn1cc([C@H]2CNC[C@@H]2C(=O)NCc2nn(-c3ccccc3)c3c2CCC3)cn1. The molecule has 0 radical (unpaired) electrons. The van der Waals surface area contributed by atoms with Crippen molar-refractivity contribution in [3.05, 3.63) is 65.2 Å². The Bertz CT molecular complexity index is 1030. The molecular weight excluding hydrogens is 400 g/mol. The number of nitrogens with zero attached hydrogens (tertiary/aromatic N) is 4. The Kier molecular flexibility index (Phi) is 5.92. The van der Waals surface area contributed by atoms with E-state index in [1.165, 1.54) is 11.3 Å². The maximum absolute atomic E-state index is 13.0. The quantitative estimate of drug-likeness (QED) is 0.655. The minimum atomic E-state index is -0.0801. The van der Waals surface area contributed by atoms with Crippen LogP contribution in [0.25, 0.3) is 5.69 Å². The number of aryl methyl sites for hydroxylation is 1. The second-order valence-electron chi connectivity index (χ2n) is 8.01. The molecule has 3 aromatic rings. The number of rotatable bonds is 5. The Labute approximate surface area is 182 Å². The molecule has 2 aromatic heterocycles. The third kappa shape index (κ3) is 3.75. The lowest BCUT2D eigenvalue weighted by Gasteiger charge is -2.16. The van der Waals surface area contributed by atoms with Crippen molar-refractivity contribution in [1.82, 2.24) is 30.2 Å². The number of carbonyl (C=O) groups is 1. The Morgan fingerprint density at radius 2 is 2.07 bits per heavy atom. The number of aromatic nitrogens is 4. The van der Waals surface area contributed by atoms with Crippen molar-refractivity contribution in [2.24, 2.45) is 13.0 Å². The van der Waals surface area contributed by atoms with Gasteiger partial charge in [0.15, 0.2) is 0 Å². The topological polar surface area (TPSA) is 76.8 Å². The minimum absolute atomic E-state index is 0. The zero-order chi connectivity index (χ0) is 19.8. The van der Waals surface area contributed by atoms with E-state index in [1.54, 1.807) is 4.68 Å². The van der Waals surface area contributed by atoms with Crippen molar-refractivity contribution in [3.63, 3.8) is 0 Å². The molecule has 1 fully saturated rings. The van der Waals surface area contributed by atoms with Crippen LogP contribution in [0, 0.1) is 5.92 Å². The van der Waals surface area contributed by atoms with Gasteiger partial charge in [-0.05, 0) is 42.5 Å². The van der Waals surface area contributed by atoms with Crippen molar-refractivity contribution in [1.29, 1.82) is 0 Å². The van der Waals surface area contributed by atoms with Crippen LogP contribution >= 0.6 is 12.4 Å². The summed E-state index contributed by atoms with van der Waals surface area (Å²) in [7, 11) is 1.91. The fourth-order valence-corrected chi connectivity index (χ4v) is 4.68. The molecule has 7 nitrogen and oxygen atoms in total. The molecule has 8 heteroatoms. The van der Waals surface area contributed by atoms with E-state index in [0.29, 0.717) is 13.1 Å². The summed E-state index contributed by atoms with van der Waals surface area (Å²) in [4.78, 5) is 13.0. The van der Waals surface area contributed by atoms with Gasteiger partial charge in [0.25, 0.3) is 0 Å². The average molecular weight is 427 g/mol. The first-order chi connectivity index (χ1) is 14.2. The van der Waals surface area contributed by atoms with E-state index in [1.807, 2.05) is 37.6 Å². The number of carbonyl (C=O) groups excluding carboxylic acids is 1. The Morgan fingerprint density at radius 3 is 2.83 bits per heavy atom. The van der Waals surface area contributed by atoms with Gasteiger partial charge < -0.3 is 10.6 Å². The Balaban J connectivity index is 0.00000218. The summed E-state index contributed by atoms with van der Waals surface area (Å²) in [5.41, 5.74) is 5.80. The van der Waals surface area contributed by atoms with E-state index in [-0.39, 0.29) is 30.2 Å². The van der Waals surface area contributed by atoms with Crippen molar-refractivity contribution in [2.45, 2.75) is 31.7 Å². The van der Waals surface area contributed by atoms with Gasteiger partial charge in [0.2, 0.25) is 5.91 Å². The molecule has 5 rings (SSSR count). The predicted molar refractivity (Wildman–Crippen MR) is 117 cm³/mol. The van der Waals surface area contributed by atoms with Crippen molar-refractivity contribution in [3.8, 4) is 5.69 Å². The monoisotopic (exact) mass is 426 g/mol. The van der Waals surface area contributed by atoms with Crippen LogP contribution in [0.4, 0.5) is 0 Å². The van der Waals surface area contributed by atoms with Gasteiger partial charge in [-0.3, -0.25) is 9.48 Å². The van der Waals surface area contributed by atoms with Crippen LogP contribution < -0.4 is 10.6 Å². The molecule has 0 saturated carbocycles. The zero-order valence-corrected chi connectivity index (χ0v) is 17.9. The molecule has 1 aliphatic carbocycles. The molecular formula is C22H27ClN6O. The predicted octanol–water partition coefficient (Wildman–Crippen LogP) is 2.14. The number of fused-ring (bicyclic) bond motifs is 1. The molecule has 0 spiro atoms. The van der Waals surface area contributed by atoms with Crippen molar-refractivity contribution in [2.75, 3.05) is 13.1 Å². The van der Waals surface area contributed by atoms with Crippen LogP contribution in [-0.4, -0.2) is 38.6 Å². The lowest BCUT2D eigenvalue weighted by Crippen LogP contribution is -2.34. The number of hydrogen-bond acceptors (Lipinski definition) is 4. The van der Waals surface area contributed by atoms with Gasteiger partial charge in [0, 0.05) is 37.9 Å². The third-order valence-electron chi connectivity index (χ3n) is 6.15. The molecule has 30 heavy (non-hydrogen) atoms. The maximum atomic E-state index is 13.0. The number of amides is 1. The lowest BCUT2D eigenvalue weighted by molar-refractivity contribution is -0.125. The zero-order valence-electron chi connectivity index (χ0n) is 17.0. The van der Waals surface area contributed by atoms with Gasteiger partial charge >= 0.3 is 0 Å². The standard InChI is InChI=1S/C22H26N6O.ClH/c1-27-14-15(10-25-27)18-11-23-12-19(18)22(29)24-13-20-17-8-5-9-21(17)28(26-20)16-6-3-2-4-7-16;/h2-4,6-7,10,14,18-19,23H,5,8-9,11-13H2,1H3,(H,24,29);1H/t18-,19+;/m1./s1. The first-order valence-corrected chi connectivity index (χ1v) is 10.3. The van der Waals surface area contributed by atoms with Crippen molar-refractivity contribution >= 4 is 18.3 Å². The van der Waals surface area contributed by atoms with E-state index in [2.05, 4.69) is 32.5 Å². The lowest BCUT2D eigenvalue weighted by atomic mass is 9.90. The van der Waals surface area contributed by atoms with Gasteiger partial charge in [0.1, 0.15) is 0 Å². The molecule has 158 valence electrons. The van der Waals surface area contributed by atoms with Crippen molar-refractivity contribution < 1.29 is 4.79 Å². The van der Waals surface area contributed by atoms with Crippen LogP contribution in [0.3, 0.4) is 0 Å². The number of para-hydroxylation sites is 1. The maximum Gasteiger partial charge on any atom is 0.225 e. The van der Waals surface area contributed by atoms with Gasteiger partial charge in [-0.25, -0.2) is 4.68 Å². The number of hydrogen-bond donors (Lipinski definition) is 2. The second-order valence-corrected chi connectivity index (χ2v) is 8.01. The van der Waals surface area contributed by atoms with Crippen LogP contribution in [0.2, 0.25) is 0 Å². The smallest absolute Gasteiger partial charge is 0.225 e. The molecule has 1 saturated heterocycles. The van der Waals surface area contributed by atoms with Gasteiger partial charge in [-0.15, -0.1) is 12.4 Å². The molecule has 0 bridgehead atoms. The van der Waals surface area contributed by atoms with E-state index in [4.69, 9.17) is 5.10 Å². The fraction of sp³-hybridized carbons (Fsp3) is 0.409. The number of benzene rings is 1. The van der Waals surface area contributed by atoms with E-state index in [0.717, 1.165) is 42.8 Å². The van der Waals surface area contributed by atoms with Crippen LogP contribution in [0.5, 0.6) is 0 Å². The highest BCUT2D eigenvalue weighted by Gasteiger charge is 2.35. The molecule has 2 aliphatic rings. The molecule has 1 aromatic carbocycles. The molecule has 1 aliphatic heterocycles. The molecule has 0 unspecified atom stereocenters. The molecule has 2 atom stereocenters. The summed E-state index contributed by atoms with van der Waals surface area (Å²) >= 11 is 0.